The maximum atomic E-state index is 12.8. The molecule has 2 N–H and O–H groups in total. The molecule has 1 spiro atoms. The van der Waals surface area contributed by atoms with Crippen LogP contribution in [0, 0.1) is 0 Å². The fourth-order valence-electron chi connectivity index (χ4n) is 3.92. The summed E-state index contributed by atoms with van der Waals surface area (Å²) >= 11 is 0. The highest BCUT2D eigenvalue weighted by molar-refractivity contribution is 7.89. The third-order valence-corrected chi connectivity index (χ3v) is 7.54. The normalized spacial score (nSPS) is 20.3. The SMILES string of the molecule is COc1ncccc1CN1CCC2(C1)CN(C)S(=O)(=O)c1ccccc1O2.O=C(O)C(F)(F)F.O=C(O)C(F)(F)F. The van der Waals surface area contributed by atoms with Gasteiger partial charge >= 0.3 is 24.3 Å². The molecule has 1 fully saturated rings. The van der Waals surface area contributed by atoms with Gasteiger partial charge in [-0.25, -0.2) is 23.0 Å². The van der Waals surface area contributed by atoms with E-state index < -0.39 is 39.9 Å². The standard InChI is InChI=1S/C19H23N3O4S.2C2HF3O2/c1-21-13-19(26-16-7-3-4-8-17(16)27(21,23)24)9-11-22(14-19)12-15-6-5-10-20-18(15)25-2;2*3-2(4,5)1(6)7/h3-8,10H,9,11-14H2,1-2H3;2*(H,6,7). The van der Waals surface area contributed by atoms with E-state index in [1.54, 1.807) is 44.6 Å². The number of carboxylic acid groups (broad SMARTS) is 2. The molecule has 0 saturated carbocycles. The number of sulfonamides is 1. The highest BCUT2D eigenvalue weighted by atomic mass is 32.2. The number of para-hydroxylation sites is 1. The van der Waals surface area contributed by atoms with Crippen molar-refractivity contribution in [1.82, 2.24) is 14.2 Å². The number of likely N-dealkylation sites (tertiary alicyclic amines) is 1. The summed E-state index contributed by atoms with van der Waals surface area (Å²) in [6, 6.07) is 10.8. The van der Waals surface area contributed by atoms with Crippen LogP contribution in [0.2, 0.25) is 0 Å². The highest BCUT2D eigenvalue weighted by Crippen LogP contribution is 2.38. The van der Waals surface area contributed by atoms with Crippen molar-refractivity contribution in [3.05, 3.63) is 48.2 Å². The van der Waals surface area contributed by atoms with E-state index >= 15 is 0 Å². The Morgan fingerprint density at radius 1 is 1.02 bits per heavy atom. The molecule has 41 heavy (non-hydrogen) atoms. The second kappa shape index (κ2) is 12.9. The number of alkyl halides is 6. The van der Waals surface area contributed by atoms with Gasteiger partial charge in [0.1, 0.15) is 16.2 Å². The number of nitrogens with zero attached hydrogens (tertiary/aromatic N) is 3. The quantitative estimate of drug-likeness (QED) is 0.493. The van der Waals surface area contributed by atoms with E-state index in [2.05, 4.69) is 9.88 Å². The first-order valence-corrected chi connectivity index (χ1v) is 12.8. The summed E-state index contributed by atoms with van der Waals surface area (Å²) in [6.07, 6.45) is -7.71. The van der Waals surface area contributed by atoms with Crippen LogP contribution in [-0.2, 0) is 26.2 Å². The number of methoxy groups -OCH3 is 1. The number of pyridine rings is 1. The summed E-state index contributed by atoms with van der Waals surface area (Å²) in [4.78, 5) is 24.5. The van der Waals surface area contributed by atoms with E-state index in [9.17, 15) is 34.8 Å². The Morgan fingerprint density at radius 3 is 2.12 bits per heavy atom. The van der Waals surface area contributed by atoms with Gasteiger partial charge in [-0.1, -0.05) is 18.2 Å². The number of fused-ring (bicyclic) bond motifs is 1. The molecule has 4 rings (SSSR count). The molecule has 0 amide bonds. The number of hydrogen-bond donors (Lipinski definition) is 2. The fraction of sp³-hybridized carbons (Fsp3) is 0.435. The zero-order valence-electron chi connectivity index (χ0n) is 21.4. The highest BCUT2D eigenvalue weighted by Gasteiger charge is 2.46. The zero-order chi connectivity index (χ0) is 31.2. The van der Waals surface area contributed by atoms with Crippen molar-refractivity contribution in [2.75, 3.05) is 33.8 Å². The Hall–Kier alpha value is -3.64. The molecule has 11 nitrogen and oxygen atoms in total. The number of aromatic nitrogens is 1. The van der Waals surface area contributed by atoms with E-state index in [4.69, 9.17) is 29.3 Å². The number of halogens is 6. The molecule has 2 aromatic rings. The number of benzene rings is 1. The van der Waals surface area contributed by atoms with Crippen LogP contribution in [0.5, 0.6) is 11.6 Å². The first-order chi connectivity index (χ1) is 18.8. The van der Waals surface area contributed by atoms with Crippen molar-refractivity contribution in [2.24, 2.45) is 0 Å². The summed E-state index contributed by atoms with van der Waals surface area (Å²) in [5, 5.41) is 14.2. The summed E-state index contributed by atoms with van der Waals surface area (Å²) < 4.78 is 102. The van der Waals surface area contributed by atoms with Crippen LogP contribution >= 0.6 is 0 Å². The first-order valence-electron chi connectivity index (χ1n) is 11.4. The first kappa shape index (κ1) is 33.6. The molecule has 2 aliphatic heterocycles. The third kappa shape index (κ3) is 8.92. The number of aliphatic carboxylic acids is 2. The molecule has 0 aliphatic carbocycles. The molecular weight excluding hydrogens is 592 g/mol. The molecule has 1 saturated heterocycles. The predicted molar refractivity (Wildman–Crippen MR) is 128 cm³/mol. The van der Waals surface area contributed by atoms with Crippen molar-refractivity contribution in [2.45, 2.75) is 35.8 Å². The molecule has 1 atom stereocenters. The number of likely N-dealkylation sites (N-methyl/N-ethyl adjacent to an activating group) is 1. The predicted octanol–water partition coefficient (Wildman–Crippen LogP) is 3.01. The van der Waals surface area contributed by atoms with Crippen molar-refractivity contribution in [3.8, 4) is 11.6 Å². The number of ether oxygens (including phenoxy) is 2. The van der Waals surface area contributed by atoms with Crippen LogP contribution in [0.3, 0.4) is 0 Å². The number of hydrogen-bond acceptors (Lipinski definition) is 8. The summed E-state index contributed by atoms with van der Waals surface area (Å²) in [7, 11) is -0.314. The Morgan fingerprint density at radius 2 is 1.59 bits per heavy atom. The van der Waals surface area contributed by atoms with Gasteiger partial charge in [0, 0.05) is 44.9 Å². The van der Waals surface area contributed by atoms with E-state index in [0.29, 0.717) is 31.3 Å². The third-order valence-electron chi connectivity index (χ3n) is 5.69. The van der Waals surface area contributed by atoms with Gasteiger partial charge in [0.05, 0.1) is 13.7 Å². The molecular formula is C23H25F6N3O8S. The Bertz CT molecular complexity index is 1320. The molecule has 3 heterocycles. The van der Waals surface area contributed by atoms with Gasteiger partial charge < -0.3 is 19.7 Å². The van der Waals surface area contributed by atoms with Gasteiger partial charge in [-0.15, -0.1) is 0 Å². The van der Waals surface area contributed by atoms with Crippen LogP contribution < -0.4 is 9.47 Å². The van der Waals surface area contributed by atoms with Gasteiger partial charge in [-0.05, 0) is 18.2 Å². The minimum absolute atomic E-state index is 0.233. The van der Waals surface area contributed by atoms with E-state index in [0.717, 1.165) is 18.5 Å². The smallest absolute Gasteiger partial charge is 0.483 e. The van der Waals surface area contributed by atoms with Crippen molar-refractivity contribution < 1.29 is 64.0 Å². The molecule has 18 heteroatoms. The van der Waals surface area contributed by atoms with Crippen LogP contribution in [-0.4, -0.2) is 96.5 Å². The Kier molecular flexibility index (Phi) is 10.6. The molecule has 0 radical (unpaired) electrons. The molecule has 228 valence electrons. The van der Waals surface area contributed by atoms with Gasteiger partial charge in [-0.2, -0.15) is 30.6 Å². The van der Waals surface area contributed by atoms with E-state index in [1.807, 2.05) is 12.1 Å². The molecule has 2 aliphatic rings. The lowest BCUT2D eigenvalue weighted by Gasteiger charge is -2.30. The van der Waals surface area contributed by atoms with Gasteiger partial charge in [-0.3, -0.25) is 4.90 Å². The maximum absolute atomic E-state index is 12.8. The van der Waals surface area contributed by atoms with E-state index in [-0.39, 0.29) is 4.90 Å². The largest absolute Gasteiger partial charge is 0.490 e. The summed E-state index contributed by atoms with van der Waals surface area (Å²) in [5.74, 6) is -4.46. The van der Waals surface area contributed by atoms with Crippen molar-refractivity contribution >= 4 is 22.0 Å². The summed E-state index contributed by atoms with van der Waals surface area (Å²) in [5.41, 5.74) is 0.441. The van der Waals surface area contributed by atoms with Gasteiger partial charge in [0.15, 0.2) is 0 Å². The molecule has 1 aromatic heterocycles. The fourth-order valence-corrected chi connectivity index (χ4v) is 5.27. The Labute approximate surface area is 229 Å². The molecule has 1 unspecified atom stereocenters. The minimum Gasteiger partial charge on any atom is -0.483 e. The number of carbonyl (C=O) groups is 2. The Balaban J connectivity index is 0.000000349. The van der Waals surface area contributed by atoms with Crippen molar-refractivity contribution in [3.63, 3.8) is 0 Å². The lowest BCUT2D eigenvalue weighted by Crippen LogP contribution is -2.47. The topological polar surface area (TPSA) is 147 Å². The minimum atomic E-state index is -5.08. The lowest BCUT2D eigenvalue weighted by molar-refractivity contribution is -0.193. The van der Waals surface area contributed by atoms with Crippen LogP contribution in [0.25, 0.3) is 0 Å². The average Bonchev–Trinajstić information content (AvgIpc) is 3.22. The lowest BCUT2D eigenvalue weighted by atomic mass is 10.0. The number of carboxylic acids is 2. The second-order valence-corrected chi connectivity index (χ2v) is 10.7. The summed E-state index contributed by atoms with van der Waals surface area (Å²) in [6.45, 7) is 2.46. The number of rotatable bonds is 3. The van der Waals surface area contributed by atoms with E-state index in [1.165, 1.54) is 4.31 Å². The van der Waals surface area contributed by atoms with Crippen LogP contribution in [0.4, 0.5) is 26.3 Å². The maximum Gasteiger partial charge on any atom is 0.490 e. The molecule has 0 bridgehead atoms. The monoisotopic (exact) mass is 617 g/mol. The zero-order valence-corrected chi connectivity index (χ0v) is 22.3. The average molecular weight is 618 g/mol. The molecule has 1 aromatic carbocycles. The van der Waals surface area contributed by atoms with Crippen LogP contribution in [0.15, 0.2) is 47.5 Å². The van der Waals surface area contributed by atoms with Gasteiger partial charge in [0.25, 0.3) is 0 Å². The van der Waals surface area contributed by atoms with Crippen LogP contribution in [0.1, 0.15) is 12.0 Å². The van der Waals surface area contributed by atoms with Crippen molar-refractivity contribution in [1.29, 1.82) is 0 Å². The van der Waals surface area contributed by atoms with Gasteiger partial charge in [0.2, 0.25) is 15.9 Å². The second-order valence-electron chi connectivity index (χ2n) is 8.73.